The van der Waals surface area contributed by atoms with Crippen molar-refractivity contribution in [1.82, 2.24) is 20.1 Å². The SMILES string of the molecule is CCNC(=O)c1ncnn1C(C)C. The van der Waals surface area contributed by atoms with Crippen LogP contribution in [0, 0.1) is 0 Å². The van der Waals surface area contributed by atoms with E-state index in [1.165, 1.54) is 6.33 Å². The minimum absolute atomic E-state index is 0.153. The molecule has 0 unspecified atom stereocenters. The zero-order chi connectivity index (χ0) is 9.84. The topological polar surface area (TPSA) is 59.8 Å². The number of amides is 1. The molecule has 1 aromatic rings. The number of hydrogen-bond donors (Lipinski definition) is 1. The Hall–Kier alpha value is -1.39. The van der Waals surface area contributed by atoms with Crippen molar-refractivity contribution in [2.45, 2.75) is 26.8 Å². The molecule has 1 N–H and O–H groups in total. The van der Waals surface area contributed by atoms with Gasteiger partial charge in [-0.2, -0.15) is 5.10 Å². The van der Waals surface area contributed by atoms with Crippen LogP contribution in [0.15, 0.2) is 6.33 Å². The summed E-state index contributed by atoms with van der Waals surface area (Å²) >= 11 is 0. The molecule has 5 nitrogen and oxygen atoms in total. The molecule has 0 radical (unpaired) electrons. The van der Waals surface area contributed by atoms with E-state index in [1.54, 1.807) is 4.68 Å². The van der Waals surface area contributed by atoms with Crippen LogP contribution in [0.2, 0.25) is 0 Å². The van der Waals surface area contributed by atoms with E-state index in [9.17, 15) is 4.79 Å². The van der Waals surface area contributed by atoms with Crippen molar-refractivity contribution in [2.75, 3.05) is 6.54 Å². The molecule has 0 spiro atoms. The lowest BCUT2D eigenvalue weighted by Gasteiger charge is -2.08. The maximum Gasteiger partial charge on any atom is 0.288 e. The highest BCUT2D eigenvalue weighted by molar-refractivity contribution is 5.90. The van der Waals surface area contributed by atoms with Crippen LogP contribution in [0.5, 0.6) is 0 Å². The lowest BCUT2D eigenvalue weighted by molar-refractivity contribution is 0.0938. The molecule has 0 saturated carbocycles. The van der Waals surface area contributed by atoms with Gasteiger partial charge in [-0.3, -0.25) is 4.79 Å². The average molecular weight is 182 g/mol. The second-order valence-corrected chi connectivity index (χ2v) is 2.98. The molecule has 13 heavy (non-hydrogen) atoms. The molecule has 1 rings (SSSR count). The van der Waals surface area contributed by atoms with Crippen LogP contribution in [-0.2, 0) is 0 Å². The third-order valence-corrected chi connectivity index (χ3v) is 1.60. The first-order valence-electron chi connectivity index (χ1n) is 4.34. The van der Waals surface area contributed by atoms with Crippen LogP contribution in [0.3, 0.4) is 0 Å². The van der Waals surface area contributed by atoms with E-state index in [0.29, 0.717) is 12.4 Å². The first kappa shape index (κ1) is 9.70. The van der Waals surface area contributed by atoms with Crippen molar-refractivity contribution in [1.29, 1.82) is 0 Å². The summed E-state index contributed by atoms with van der Waals surface area (Å²) in [4.78, 5) is 15.3. The summed E-state index contributed by atoms with van der Waals surface area (Å²) in [5.41, 5.74) is 0. The Labute approximate surface area is 77.2 Å². The Kier molecular flexibility index (Phi) is 3.00. The second kappa shape index (κ2) is 4.02. The molecule has 0 saturated heterocycles. The molecule has 0 aliphatic heterocycles. The van der Waals surface area contributed by atoms with Gasteiger partial charge >= 0.3 is 0 Å². The zero-order valence-electron chi connectivity index (χ0n) is 8.11. The fraction of sp³-hybridized carbons (Fsp3) is 0.625. The summed E-state index contributed by atoms with van der Waals surface area (Å²) in [5, 5.41) is 6.64. The van der Waals surface area contributed by atoms with Gasteiger partial charge in [0, 0.05) is 12.6 Å². The molecule has 0 fully saturated rings. The molecule has 1 heterocycles. The molecule has 5 heteroatoms. The Bertz CT molecular complexity index is 292. The quantitative estimate of drug-likeness (QED) is 0.745. The van der Waals surface area contributed by atoms with E-state index in [0.717, 1.165) is 0 Å². The van der Waals surface area contributed by atoms with Crippen molar-refractivity contribution in [3.63, 3.8) is 0 Å². The predicted molar refractivity (Wildman–Crippen MR) is 48.4 cm³/mol. The third kappa shape index (κ3) is 2.05. The summed E-state index contributed by atoms with van der Waals surface area (Å²) in [5.74, 6) is 0.200. The van der Waals surface area contributed by atoms with Gasteiger partial charge in [-0.05, 0) is 20.8 Å². The number of aromatic nitrogens is 3. The monoisotopic (exact) mass is 182 g/mol. The average Bonchev–Trinajstić information content (AvgIpc) is 2.52. The highest BCUT2D eigenvalue weighted by atomic mass is 16.2. The molecular weight excluding hydrogens is 168 g/mol. The summed E-state index contributed by atoms with van der Waals surface area (Å²) in [6.45, 7) is 6.38. The van der Waals surface area contributed by atoms with Crippen LogP contribution in [0.4, 0.5) is 0 Å². The van der Waals surface area contributed by atoms with Crippen molar-refractivity contribution in [2.24, 2.45) is 0 Å². The van der Waals surface area contributed by atoms with Gasteiger partial charge in [0.05, 0.1) is 0 Å². The fourth-order valence-electron chi connectivity index (χ4n) is 1.03. The molecule has 0 atom stereocenters. The van der Waals surface area contributed by atoms with E-state index in [2.05, 4.69) is 15.4 Å². The van der Waals surface area contributed by atoms with Crippen LogP contribution in [0.1, 0.15) is 37.4 Å². The van der Waals surface area contributed by atoms with E-state index >= 15 is 0 Å². The molecule has 0 aromatic carbocycles. The minimum atomic E-state index is -0.172. The number of carbonyl (C=O) groups excluding carboxylic acids is 1. The summed E-state index contributed by atoms with van der Waals surface area (Å²) in [6.07, 6.45) is 1.39. The van der Waals surface area contributed by atoms with Crippen molar-refractivity contribution < 1.29 is 4.79 Å². The number of carbonyl (C=O) groups is 1. The first-order chi connectivity index (χ1) is 6.16. The number of nitrogens with one attached hydrogen (secondary N) is 1. The summed E-state index contributed by atoms with van der Waals surface area (Å²) in [6, 6.07) is 0.153. The summed E-state index contributed by atoms with van der Waals surface area (Å²) in [7, 11) is 0. The number of nitrogens with zero attached hydrogens (tertiary/aromatic N) is 3. The molecule has 0 aliphatic rings. The minimum Gasteiger partial charge on any atom is -0.350 e. The predicted octanol–water partition coefficient (Wildman–Crippen LogP) is 0.609. The molecule has 72 valence electrons. The first-order valence-corrected chi connectivity index (χ1v) is 4.34. The van der Waals surface area contributed by atoms with Gasteiger partial charge in [0.25, 0.3) is 5.91 Å². The van der Waals surface area contributed by atoms with Crippen LogP contribution < -0.4 is 5.32 Å². The van der Waals surface area contributed by atoms with Gasteiger partial charge < -0.3 is 5.32 Å². The molecule has 1 aromatic heterocycles. The van der Waals surface area contributed by atoms with Gasteiger partial charge in [0.1, 0.15) is 6.33 Å². The van der Waals surface area contributed by atoms with E-state index in [4.69, 9.17) is 0 Å². The van der Waals surface area contributed by atoms with Crippen molar-refractivity contribution in [3.8, 4) is 0 Å². The van der Waals surface area contributed by atoms with Gasteiger partial charge in [-0.1, -0.05) is 0 Å². The highest BCUT2D eigenvalue weighted by Crippen LogP contribution is 2.04. The smallest absolute Gasteiger partial charge is 0.288 e. The van der Waals surface area contributed by atoms with Gasteiger partial charge in [0.2, 0.25) is 5.82 Å². The molecule has 1 amide bonds. The van der Waals surface area contributed by atoms with Crippen LogP contribution in [0.25, 0.3) is 0 Å². The Balaban J connectivity index is 2.87. The Morgan fingerprint density at radius 2 is 2.38 bits per heavy atom. The van der Waals surface area contributed by atoms with Crippen molar-refractivity contribution in [3.05, 3.63) is 12.2 Å². The summed E-state index contributed by atoms with van der Waals surface area (Å²) < 4.78 is 1.60. The normalized spacial score (nSPS) is 10.5. The highest BCUT2D eigenvalue weighted by Gasteiger charge is 2.14. The standard InChI is InChI=1S/C8H14N4O/c1-4-9-8(13)7-10-5-11-12(7)6(2)3/h5-6H,4H2,1-3H3,(H,9,13). The third-order valence-electron chi connectivity index (χ3n) is 1.60. The maximum atomic E-state index is 11.4. The van der Waals surface area contributed by atoms with Crippen LogP contribution >= 0.6 is 0 Å². The van der Waals surface area contributed by atoms with E-state index < -0.39 is 0 Å². The number of rotatable bonds is 3. The van der Waals surface area contributed by atoms with Crippen LogP contribution in [-0.4, -0.2) is 27.2 Å². The molecular formula is C8H14N4O. The maximum absolute atomic E-state index is 11.4. The molecule has 0 aliphatic carbocycles. The van der Waals surface area contributed by atoms with Gasteiger partial charge in [0.15, 0.2) is 0 Å². The van der Waals surface area contributed by atoms with Crippen molar-refractivity contribution >= 4 is 5.91 Å². The Morgan fingerprint density at radius 3 is 2.92 bits per heavy atom. The molecule has 0 bridgehead atoms. The van der Waals surface area contributed by atoms with Gasteiger partial charge in [-0.25, -0.2) is 9.67 Å². The fourth-order valence-corrected chi connectivity index (χ4v) is 1.03. The lowest BCUT2D eigenvalue weighted by Crippen LogP contribution is -2.27. The largest absolute Gasteiger partial charge is 0.350 e. The zero-order valence-corrected chi connectivity index (χ0v) is 8.11. The number of hydrogen-bond acceptors (Lipinski definition) is 3. The lowest BCUT2D eigenvalue weighted by atomic mass is 10.4. The van der Waals surface area contributed by atoms with E-state index in [1.807, 2.05) is 20.8 Å². The second-order valence-electron chi connectivity index (χ2n) is 2.98. The van der Waals surface area contributed by atoms with E-state index in [-0.39, 0.29) is 11.9 Å². The van der Waals surface area contributed by atoms with Gasteiger partial charge in [-0.15, -0.1) is 0 Å². The Morgan fingerprint density at radius 1 is 1.69 bits per heavy atom.